The summed E-state index contributed by atoms with van der Waals surface area (Å²) in [4.78, 5) is 15.6. The van der Waals surface area contributed by atoms with Crippen LogP contribution < -0.4 is 9.46 Å². The van der Waals surface area contributed by atoms with Crippen LogP contribution in [0.2, 0.25) is 0 Å². The van der Waals surface area contributed by atoms with E-state index in [0.29, 0.717) is 5.75 Å². The zero-order chi connectivity index (χ0) is 17.7. The first-order chi connectivity index (χ1) is 11.3. The number of hydrogen-bond acceptors (Lipinski definition) is 7. The van der Waals surface area contributed by atoms with Crippen LogP contribution in [0.15, 0.2) is 34.5 Å². The van der Waals surface area contributed by atoms with E-state index >= 15 is 0 Å². The van der Waals surface area contributed by atoms with E-state index in [1.54, 1.807) is 19.1 Å². The fraction of sp³-hybridized carbons (Fsp3) is 0.333. The van der Waals surface area contributed by atoms with E-state index in [-0.39, 0.29) is 28.4 Å². The van der Waals surface area contributed by atoms with E-state index in [2.05, 4.69) is 9.71 Å². The van der Waals surface area contributed by atoms with Gasteiger partial charge in [-0.05, 0) is 45.0 Å². The van der Waals surface area contributed by atoms with Gasteiger partial charge in [-0.3, -0.25) is 4.72 Å². The number of nitrogens with one attached hydrogen (secondary N) is 1. The van der Waals surface area contributed by atoms with Gasteiger partial charge in [0.2, 0.25) is 0 Å². The Morgan fingerprint density at radius 3 is 2.54 bits per heavy atom. The molecule has 0 aliphatic carbocycles. The maximum Gasteiger partial charge on any atom is 0.357 e. The maximum atomic E-state index is 12.3. The minimum Gasteiger partial charge on any atom is -0.491 e. The summed E-state index contributed by atoms with van der Waals surface area (Å²) in [5.74, 6) is -0.00261. The van der Waals surface area contributed by atoms with Crippen LogP contribution in [0.5, 0.6) is 5.75 Å². The summed E-state index contributed by atoms with van der Waals surface area (Å²) in [6.45, 7) is 5.67. The predicted octanol–water partition coefficient (Wildman–Crippen LogP) is 2.91. The normalized spacial score (nSPS) is 11.3. The molecule has 1 aromatic carbocycles. The van der Waals surface area contributed by atoms with Crippen LogP contribution in [-0.4, -0.2) is 32.1 Å². The van der Waals surface area contributed by atoms with Gasteiger partial charge in [0, 0.05) is 5.38 Å². The molecule has 0 saturated heterocycles. The third-order valence-electron chi connectivity index (χ3n) is 2.72. The molecule has 0 radical (unpaired) electrons. The number of benzene rings is 1. The topological polar surface area (TPSA) is 94.6 Å². The van der Waals surface area contributed by atoms with Crippen LogP contribution in [0.1, 0.15) is 31.3 Å². The monoisotopic (exact) mass is 370 g/mol. The van der Waals surface area contributed by atoms with Gasteiger partial charge in [0.1, 0.15) is 5.75 Å². The summed E-state index contributed by atoms with van der Waals surface area (Å²) in [6.07, 6.45) is 0.00204. The Kier molecular flexibility index (Phi) is 5.79. The molecule has 0 aliphatic heterocycles. The van der Waals surface area contributed by atoms with Gasteiger partial charge in [-0.15, -0.1) is 11.3 Å². The second-order valence-corrected chi connectivity index (χ2v) is 7.54. The highest BCUT2D eigenvalue weighted by atomic mass is 32.2. The summed E-state index contributed by atoms with van der Waals surface area (Å²) in [5.41, 5.74) is 0.0697. The molecule has 0 atom stereocenters. The summed E-state index contributed by atoms with van der Waals surface area (Å²) in [6, 6.07) is 6.06. The van der Waals surface area contributed by atoms with Gasteiger partial charge in [0.25, 0.3) is 10.0 Å². The van der Waals surface area contributed by atoms with Crippen molar-refractivity contribution in [2.24, 2.45) is 0 Å². The number of hydrogen-bond donors (Lipinski definition) is 1. The van der Waals surface area contributed by atoms with Crippen LogP contribution >= 0.6 is 11.3 Å². The Hall–Kier alpha value is -2.13. The minimum atomic E-state index is -3.79. The molecule has 2 aromatic rings. The number of sulfonamides is 1. The molecule has 0 bridgehead atoms. The Bertz CT molecular complexity index is 798. The quantitative estimate of drug-likeness (QED) is 0.753. The molecule has 0 fully saturated rings. The van der Waals surface area contributed by atoms with Gasteiger partial charge in [-0.1, -0.05) is 0 Å². The minimum absolute atomic E-state index is 0.00204. The first-order valence-electron chi connectivity index (χ1n) is 7.24. The molecule has 1 heterocycles. The number of ether oxygens (including phenoxy) is 2. The smallest absolute Gasteiger partial charge is 0.357 e. The number of esters is 1. The van der Waals surface area contributed by atoms with Crippen molar-refractivity contribution in [1.29, 1.82) is 0 Å². The molecule has 0 amide bonds. The lowest BCUT2D eigenvalue weighted by molar-refractivity contribution is 0.0520. The number of anilines is 1. The lowest BCUT2D eigenvalue weighted by Gasteiger charge is -2.10. The van der Waals surface area contributed by atoms with E-state index < -0.39 is 16.0 Å². The zero-order valence-corrected chi connectivity index (χ0v) is 15.1. The van der Waals surface area contributed by atoms with Crippen molar-refractivity contribution in [3.63, 3.8) is 0 Å². The van der Waals surface area contributed by atoms with Crippen molar-refractivity contribution in [2.75, 3.05) is 11.3 Å². The second-order valence-electron chi connectivity index (χ2n) is 5.00. The average Bonchev–Trinajstić information content (AvgIpc) is 2.95. The fourth-order valence-electron chi connectivity index (χ4n) is 1.76. The molecule has 1 aromatic heterocycles. The Morgan fingerprint density at radius 1 is 1.29 bits per heavy atom. The molecule has 24 heavy (non-hydrogen) atoms. The van der Waals surface area contributed by atoms with Gasteiger partial charge in [0.05, 0.1) is 17.6 Å². The number of nitrogens with zero attached hydrogens (tertiary/aromatic N) is 1. The highest BCUT2D eigenvalue weighted by molar-refractivity contribution is 7.93. The van der Waals surface area contributed by atoms with Crippen molar-refractivity contribution in [2.45, 2.75) is 31.8 Å². The molecule has 1 N–H and O–H groups in total. The third kappa shape index (κ3) is 4.68. The van der Waals surface area contributed by atoms with Gasteiger partial charge >= 0.3 is 5.97 Å². The standard InChI is InChI=1S/C15H18N2O5S2/c1-4-21-14(18)13-9-23-15(16-13)17-24(19,20)12-7-5-11(6-8-12)22-10(2)3/h5-10H,4H2,1-3H3,(H,16,17). The number of thiazole rings is 1. The Morgan fingerprint density at radius 2 is 1.96 bits per heavy atom. The van der Waals surface area contributed by atoms with E-state index in [0.717, 1.165) is 11.3 Å². The van der Waals surface area contributed by atoms with Crippen molar-refractivity contribution in [1.82, 2.24) is 4.98 Å². The van der Waals surface area contributed by atoms with Crippen LogP contribution in [0.3, 0.4) is 0 Å². The van der Waals surface area contributed by atoms with Gasteiger partial charge < -0.3 is 9.47 Å². The Labute approximate surface area is 144 Å². The molecule has 0 saturated carbocycles. The van der Waals surface area contributed by atoms with Crippen molar-refractivity contribution >= 4 is 32.5 Å². The molecule has 9 heteroatoms. The molecular weight excluding hydrogens is 352 g/mol. The average molecular weight is 370 g/mol. The van der Waals surface area contributed by atoms with Gasteiger partial charge in [-0.25, -0.2) is 18.2 Å². The van der Waals surface area contributed by atoms with Gasteiger partial charge in [0.15, 0.2) is 10.8 Å². The van der Waals surface area contributed by atoms with Crippen molar-refractivity contribution in [3.05, 3.63) is 35.3 Å². The Balaban J connectivity index is 2.12. The lowest BCUT2D eigenvalue weighted by atomic mass is 10.3. The van der Waals surface area contributed by atoms with Crippen LogP contribution in [-0.2, 0) is 14.8 Å². The maximum absolute atomic E-state index is 12.3. The van der Waals surface area contributed by atoms with Gasteiger partial charge in [-0.2, -0.15) is 0 Å². The highest BCUT2D eigenvalue weighted by Gasteiger charge is 2.18. The lowest BCUT2D eigenvalue weighted by Crippen LogP contribution is -2.13. The largest absolute Gasteiger partial charge is 0.491 e. The van der Waals surface area contributed by atoms with E-state index in [9.17, 15) is 13.2 Å². The fourth-order valence-corrected chi connectivity index (χ4v) is 3.70. The number of rotatable bonds is 7. The summed E-state index contributed by atoms with van der Waals surface area (Å²) in [7, 11) is -3.79. The first-order valence-corrected chi connectivity index (χ1v) is 9.60. The molecule has 0 aliphatic rings. The molecule has 2 rings (SSSR count). The van der Waals surface area contributed by atoms with E-state index in [1.807, 2.05) is 13.8 Å². The van der Waals surface area contributed by atoms with E-state index in [1.165, 1.54) is 17.5 Å². The van der Waals surface area contributed by atoms with E-state index in [4.69, 9.17) is 9.47 Å². The SMILES string of the molecule is CCOC(=O)c1csc(NS(=O)(=O)c2ccc(OC(C)C)cc2)n1. The zero-order valence-electron chi connectivity index (χ0n) is 13.5. The van der Waals surface area contributed by atoms with Crippen LogP contribution in [0.25, 0.3) is 0 Å². The second kappa shape index (κ2) is 7.63. The molecule has 0 unspecified atom stereocenters. The molecule has 130 valence electrons. The molecule has 7 nitrogen and oxygen atoms in total. The molecular formula is C15H18N2O5S2. The predicted molar refractivity (Wildman–Crippen MR) is 91.1 cm³/mol. The number of carbonyl (C=O) groups excluding carboxylic acids is 1. The number of aromatic nitrogens is 1. The van der Waals surface area contributed by atoms with Crippen LogP contribution in [0, 0.1) is 0 Å². The third-order valence-corrected chi connectivity index (χ3v) is 4.96. The summed E-state index contributed by atoms with van der Waals surface area (Å²) in [5, 5.41) is 1.54. The summed E-state index contributed by atoms with van der Waals surface area (Å²) >= 11 is 1.01. The number of carbonyl (C=O) groups is 1. The first kappa shape index (κ1) is 18.2. The van der Waals surface area contributed by atoms with Crippen LogP contribution in [0.4, 0.5) is 5.13 Å². The van der Waals surface area contributed by atoms with Crippen molar-refractivity contribution in [3.8, 4) is 5.75 Å². The summed E-state index contributed by atoms with van der Waals surface area (Å²) < 4.78 is 37.3. The molecule has 0 spiro atoms. The highest BCUT2D eigenvalue weighted by Crippen LogP contribution is 2.22. The van der Waals surface area contributed by atoms with Crippen molar-refractivity contribution < 1.29 is 22.7 Å².